The van der Waals surface area contributed by atoms with Crippen molar-refractivity contribution < 1.29 is 9.53 Å². The number of carbonyl (C=O) groups excluding carboxylic acids is 1. The van der Waals surface area contributed by atoms with Gasteiger partial charge in [0.05, 0.1) is 12.5 Å². The maximum atomic E-state index is 11.9. The van der Waals surface area contributed by atoms with Crippen LogP contribution in [0.1, 0.15) is 16.9 Å². The molecule has 1 heterocycles. The Morgan fingerprint density at radius 3 is 3.05 bits per heavy atom. The van der Waals surface area contributed by atoms with E-state index in [2.05, 4.69) is 38.4 Å². The van der Waals surface area contributed by atoms with Crippen molar-refractivity contribution in [3.63, 3.8) is 0 Å². The highest BCUT2D eigenvalue weighted by Gasteiger charge is 2.13. The second kappa shape index (κ2) is 8.38. The molecule has 0 fully saturated rings. The fourth-order valence-corrected chi connectivity index (χ4v) is 3.24. The normalized spacial score (nSPS) is 12.1. The van der Waals surface area contributed by atoms with Crippen LogP contribution in [0, 0.1) is 0 Å². The van der Waals surface area contributed by atoms with Crippen molar-refractivity contribution in [3.05, 3.63) is 45.4 Å². The van der Waals surface area contributed by atoms with Gasteiger partial charge in [0, 0.05) is 35.6 Å². The predicted octanol–water partition coefficient (Wildman–Crippen LogP) is 2.80. The van der Waals surface area contributed by atoms with Crippen LogP contribution >= 0.6 is 27.3 Å². The minimum absolute atomic E-state index is 0.138. The molecule has 7 heteroatoms. The van der Waals surface area contributed by atoms with Gasteiger partial charge in [0.25, 0.3) is 0 Å². The molecule has 0 aliphatic carbocycles. The number of aromatic nitrogens is 1. The summed E-state index contributed by atoms with van der Waals surface area (Å²) in [5.74, 6) is -0.138. The van der Waals surface area contributed by atoms with Gasteiger partial charge in [0.2, 0.25) is 5.91 Å². The number of nitrogens with two attached hydrogens (primary N) is 1. The first kappa shape index (κ1) is 17.1. The van der Waals surface area contributed by atoms with Crippen molar-refractivity contribution in [2.24, 2.45) is 5.73 Å². The summed E-state index contributed by atoms with van der Waals surface area (Å²) in [5.41, 5.74) is 6.70. The Balaban J connectivity index is 1.92. The quantitative estimate of drug-likeness (QED) is 0.770. The number of ether oxygens (including phenoxy) is 1. The molecule has 1 aromatic heterocycles. The zero-order valence-corrected chi connectivity index (χ0v) is 14.6. The van der Waals surface area contributed by atoms with Crippen LogP contribution < -0.4 is 11.1 Å². The molecule has 0 spiro atoms. The molecule has 1 unspecified atom stereocenters. The molecule has 1 aromatic carbocycles. The summed E-state index contributed by atoms with van der Waals surface area (Å²) in [4.78, 5) is 17.2. The molecular formula is C15H18BrN3O2S. The SMILES string of the molecule is COC(CN)CC(=O)Nc1ncc(Cc2cccc(Br)c2)s1. The van der Waals surface area contributed by atoms with Gasteiger partial charge in [-0.15, -0.1) is 11.3 Å². The Bertz CT molecular complexity index is 629. The van der Waals surface area contributed by atoms with Gasteiger partial charge in [-0.05, 0) is 17.7 Å². The molecule has 2 rings (SSSR count). The largest absolute Gasteiger partial charge is 0.380 e. The molecule has 2 aromatic rings. The molecule has 5 nitrogen and oxygen atoms in total. The highest BCUT2D eigenvalue weighted by atomic mass is 79.9. The summed E-state index contributed by atoms with van der Waals surface area (Å²) in [6.45, 7) is 0.315. The minimum atomic E-state index is -0.263. The molecule has 1 amide bonds. The second-order valence-electron chi connectivity index (χ2n) is 4.78. The van der Waals surface area contributed by atoms with E-state index in [1.54, 1.807) is 13.3 Å². The molecule has 22 heavy (non-hydrogen) atoms. The number of anilines is 1. The smallest absolute Gasteiger partial charge is 0.228 e. The van der Waals surface area contributed by atoms with Crippen LogP contribution in [0.2, 0.25) is 0 Å². The number of nitrogens with one attached hydrogen (secondary N) is 1. The van der Waals surface area contributed by atoms with Gasteiger partial charge in [-0.1, -0.05) is 28.1 Å². The summed E-state index contributed by atoms with van der Waals surface area (Å²) in [5, 5.41) is 3.38. The highest BCUT2D eigenvalue weighted by Crippen LogP contribution is 2.22. The lowest BCUT2D eigenvalue weighted by molar-refractivity contribution is -0.118. The van der Waals surface area contributed by atoms with Crippen LogP contribution in [0.25, 0.3) is 0 Å². The average Bonchev–Trinajstić information content (AvgIpc) is 2.91. The summed E-state index contributed by atoms with van der Waals surface area (Å²) in [7, 11) is 1.55. The monoisotopic (exact) mass is 383 g/mol. The zero-order chi connectivity index (χ0) is 15.9. The van der Waals surface area contributed by atoms with E-state index in [0.29, 0.717) is 11.7 Å². The van der Waals surface area contributed by atoms with Crippen molar-refractivity contribution in [3.8, 4) is 0 Å². The van der Waals surface area contributed by atoms with Crippen molar-refractivity contribution in [2.75, 3.05) is 19.0 Å². The third-order valence-corrected chi connectivity index (χ3v) is 4.48. The zero-order valence-electron chi connectivity index (χ0n) is 12.2. The summed E-state index contributed by atoms with van der Waals surface area (Å²) < 4.78 is 6.15. The number of methoxy groups -OCH3 is 1. The fraction of sp³-hybridized carbons (Fsp3) is 0.333. The molecule has 0 radical (unpaired) electrons. The Morgan fingerprint density at radius 1 is 1.55 bits per heavy atom. The van der Waals surface area contributed by atoms with Gasteiger partial charge in [0.15, 0.2) is 5.13 Å². The molecule has 0 aliphatic heterocycles. The van der Waals surface area contributed by atoms with E-state index < -0.39 is 0 Å². The molecule has 118 valence electrons. The molecule has 0 aliphatic rings. The number of amides is 1. The number of carbonyl (C=O) groups is 1. The van der Waals surface area contributed by atoms with Crippen LogP contribution in [0.4, 0.5) is 5.13 Å². The Hall–Kier alpha value is -1.28. The number of thiazole rings is 1. The first-order valence-electron chi connectivity index (χ1n) is 6.82. The number of benzene rings is 1. The standard InChI is InChI=1S/C15H18BrN3O2S/c1-21-12(8-17)7-14(20)19-15-18-9-13(22-15)6-10-3-2-4-11(16)5-10/h2-5,9,12H,6-8,17H2,1H3,(H,18,19,20). The van der Waals surface area contributed by atoms with Crippen LogP contribution in [-0.2, 0) is 16.0 Å². The van der Waals surface area contributed by atoms with E-state index in [1.807, 2.05) is 12.1 Å². The van der Waals surface area contributed by atoms with Crippen molar-refractivity contribution in [1.82, 2.24) is 4.98 Å². The molecular weight excluding hydrogens is 366 g/mol. The third kappa shape index (κ3) is 5.17. The fourth-order valence-electron chi connectivity index (χ4n) is 1.94. The van der Waals surface area contributed by atoms with E-state index in [0.717, 1.165) is 15.8 Å². The van der Waals surface area contributed by atoms with E-state index in [4.69, 9.17) is 10.5 Å². The molecule has 3 N–H and O–H groups in total. The molecule has 0 saturated heterocycles. The lowest BCUT2D eigenvalue weighted by Crippen LogP contribution is -2.28. The maximum absolute atomic E-state index is 11.9. The number of rotatable bonds is 7. The van der Waals surface area contributed by atoms with E-state index in [9.17, 15) is 4.79 Å². The van der Waals surface area contributed by atoms with Crippen molar-refractivity contribution in [1.29, 1.82) is 0 Å². The average molecular weight is 384 g/mol. The van der Waals surface area contributed by atoms with Crippen molar-refractivity contribution >= 4 is 38.3 Å². The minimum Gasteiger partial charge on any atom is -0.380 e. The third-order valence-electron chi connectivity index (χ3n) is 3.08. The topological polar surface area (TPSA) is 77.2 Å². The Kier molecular flexibility index (Phi) is 6.50. The van der Waals surface area contributed by atoms with Crippen LogP contribution in [0.15, 0.2) is 34.9 Å². The van der Waals surface area contributed by atoms with E-state index >= 15 is 0 Å². The lowest BCUT2D eigenvalue weighted by atomic mass is 10.1. The van der Waals surface area contributed by atoms with Gasteiger partial charge >= 0.3 is 0 Å². The Labute approximate surface area is 142 Å². The molecule has 0 saturated carbocycles. The predicted molar refractivity (Wildman–Crippen MR) is 92.2 cm³/mol. The number of hydrogen-bond acceptors (Lipinski definition) is 5. The highest BCUT2D eigenvalue weighted by molar-refractivity contribution is 9.10. The Morgan fingerprint density at radius 2 is 2.36 bits per heavy atom. The first-order valence-corrected chi connectivity index (χ1v) is 8.43. The first-order chi connectivity index (χ1) is 10.6. The van der Waals surface area contributed by atoms with Crippen LogP contribution in [0.5, 0.6) is 0 Å². The summed E-state index contributed by atoms with van der Waals surface area (Å²) in [6, 6.07) is 8.13. The number of hydrogen-bond donors (Lipinski definition) is 2. The van der Waals surface area contributed by atoms with Gasteiger partial charge in [-0.25, -0.2) is 4.98 Å². The van der Waals surface area contributed by atoms with E-state index in [-0.39, 0.29) is 18.4 Å². The van der Waals surface area contributed by atoms with Crippen molar-refractivity contribution in [2.45, 2.75) is 18.9 Å². The van der Waals surface area contributed by atoms with Crippen LogP contribution in [-0.4, -0.2) is 30.6 Å². The second-order valence-corrected chi connectivity index (χ2v) is 6.82. The lowest BCUT2D eigenvalue weighted by Gasteiger charge is -2.11. The van der Waals surface area contributed by atoms with Crippen LogP contribution in [0.3, 0.4) is 0 Å². The van der Waals surface area contributed by atoms with Gasteiger partial charge in [0.1, 0.15) is 0 Å². The summed E-state index contributed by atoms with van der Waals surface area (Å²) in [6.07, 6.45) is 2.54. The summed E-state index contributed by atoms with van der Waals surface area (Å²) >= 11 is 4.93. The number of halogens is 1. The maximum Gasteiger partial charge on any atom is 0.228 e. The number of nitrogens with zero attached hydrogens (tertiary/aromatic N) is 1. The van der Waals surface area contributed by atoms with Gasteiger partial charge in [-0.3, -0.25) is 4.79 Å². The molecule has 1 atom stereocenters. The van der Waals surface area contributed by atoms with Gasteiger partial charge in [-0.2, -0.15) is 0 Å². The van der Waals surface area contributed by atoms with Gasteiger partial charge < -0.3 is 15.8 Å². The van der Waals surface area contributed by atoms with E-state index in [1.165, 1.54) is 16.9 Å². The molecule has 0 bridgehead atoms.